The second-order valence-corrected chi connectivity index (χ2v) is 4.33. The molecule has 1 aromatic rings. The van der Waals surface area contributed by atoms with Crippen LogP contribution >= 0.6 is 11.6 Å². The smallest absolute Gasteiger partial charge is 0.125 e. The molecule has 1 fully saturated rings. The Bertz CT molecular complexity index is 348. The van der Waals surface area contributed by atoms with Crippen LogP contribution < -0.4 is 10.6 Å². The lowest BCUT2D eigenvalue weighted by atomic mass is 10.1. The molecule has 0 radical (unpaired) electrons. The van der Waals surface area contributed by atoms with Crippen LogP contribution in [0.25, 0.3) is 0 Å². The van der Waals surface area contributed by atoms with Gasteiger partial charge >= 0.3 is 0 Å². The normalized spacial score (nSPS) is 18.2. The second kappa shape index (κ2) is 4.37. The first kappa shape index (κ1) is 10.7. The maximum Gasteiger partial charge on any atom is 0.125 e. The molecule has 15 heavy (non-hydrogen) atoms. The van der Waals surface area contributed by atoms with Gasteiger partial charge in [0.05, 0.1) is 10.7 Å². The molecule has 0 aliphatic carbocycles. The van der Waals surface area contributed by atoms with Crippen molar-refractivity contribution in [2.24, 2.45) is 5.73 Å². The fraction of sp³-hybridized carbons (Fsp3) is 0.455. The van der Waals surface area contributed by atoms with Gasteiger partial charge in [0.2, 0.25) is 0 Å². The zero-order valence-electron chi connectivity index (χ0n) is 8.42. The highest BCUT2D eigenvalue weighted by Gasteiger charge is 2.18. The molecule has 1 aliphatic heterocycles. The van der Waals surface area contributed by atoms with E-state index in [9.17, 15) is 4.39 Å². The molecule has 2 rings (SSSR count). The second-order valence-electron chi connectivity index (χ2n) is 3.92. The summed E-state index contributed by atoms with van der Waals surface area (Å²) in [6.07, 6.45) is 1.87. The van der Waals surface area contributed by atoms with Crippen LogP contribution in [0, 0.1) is 5.82 Å². The van der Waals surface area contributed by atoms with Crippen LogP contribution in [0.3, 0.4) is 0 Å². The van der Waals surface area contributed by atoms with Gasteiger partial charge in [-0.05, 0) is 31.0 Å². The number of halogens is 2. The third-order valence-electron chi connectivity index (χ3n) is 2.79. The Hall–Kier alpha value is -0.800. The first-order valence-electron chi connectivity index (χ1n) is 5.12. The Labute approximate surface area is 93.8 Å². The zero-order valence-corrected chi connectivity index (χ0v) is 9.17. The Morgan fingerprint density at radius 2 is 2.00 bits per heavy atom. The van der Waals surface area contributed by atoms with E-state index >= 15 is 0 Å². The first-order valence-corrected chi connectivity index (χ1v) is 5.50. The molecule has 1 aromatic carbocycles. The van der Waals surface area contributed by atoms with Crippen molar-refractivity contribution in [3.05, 3.63) is 29.0 Å². The van der Waals surface area contributed by atoms with Crippen LogP contribution in [0.15, 0.2) is 18.2 Å². The van der Waals surface area contributed by atoms with E-state index in [-0.39, 0.29) is 11.9 Å². The van der Waals surface area contributed by atoms with Crippen molar-refractivity contribution in [2.45, 2.75) is 18.9 Å². The Kier molecular flexibility index (Phi) is 3.12. The molecule has 4 heteroatoms. The summed E-state index contributed by atoms with van der Waals surface area (Å²) in [5.41, 5.74) is 6.59. The molecule has 1 heterocycles. The standard InChI is InChI=1S/C11H14ClFN2/c12-10-2-1-8(13)7-11(10)15-5-3-9(14)4-6-15/h1-2,7,9H,3-6,14H2. The van der Waals surface area contributed by atoms with Crippen LogP contribution in [-0.2, 0) is 0 Å². The van der Waals surface area contributed by atoms with Crippen LogP contribution in [0.2, 0.25) is 5.02 Å². The quantitative estimate of drug-likeness (QED) is 0.800. The number of nitrogens with two attached hydrogens (primary N) is 1. The van der Waals surface area contributed by atoms with E-state index in [2.05, 4.69) is 4.90 Å². The van der Waals surface area contributed by atoms with E-state index in [1.165, 1.54) is 12.1 Å². The average Bonchev–Trinajstić information content (AvgIpc) is 2.23. The molecule has 82 valence electrons. The van der Waals surface area contributed by atoms with Crippen LogP contribution in [0.5, 0.6) is 0 Å². The van der Waals surface area contributed by atoms with Crippen molar-refractivity contribution in [2.75, 3.05) is 18.0 Å². The van der Waals surface area contributed by atoms with E-state index in [1.54, 1.807) is 6.07 Å². The number of piperidine rings is 1. The van der Waals surface area contributed by atoms with E-state index in [0.29, 0.717) is 5.02 Å². The minimum absolute atomic E-state index is 0.246. The van der Waals surface area contributed by atoms with Gasteiger partial charge in [-0.15, -0.1) is 0 Å². The van der Waals surface area contributed by atoms with Gasteiger partial charge in [-0.25, -0.2) is 4.39 Å². The maximum absolute atomic E-state index is 13.1. The number of benzene rings is 1. The monoisotopic (exact) mass is 228 g/mol. The van der Waals surface area contributed by atoms with Crippen molar-refractivity contribution in [1.29, 1.82) is 0 Å². The van der Waals surface area contributed by atoms with E-state index < -0.39 is 0 Å². The Balaban J connectivity index is 2.18. The number of hydrogen-bond donors (Lipinski definition) is 1. The largest absolute Gasteiger partial charge is 0.370 e. The minimum Gasteiger partial charge on any atom is -0.370 e. The lowest BCUT2D eigenvalue weighted by Crippen LogP contribution is -2.39. The minimum atomic E-state index is -0.246. The number of rotatable bonds is 1. The van der Waals surface area contributed by atoms with E-state index in [4.69, 9.17) is 17.3 Å². The average molecular weight is 229 g/mol. The zero-order chi connectivity index (χ0) is 10.8. The van der Waals surface area contributed by atoms with Gasteiger partial charge in [0.15, 0.2) is 0 Å². The maximum atomic E-state index is 13.1. The van der Waals surface area contributed by atoms with E-state index in [0.717, 1.165) is 31.6 Å². The summed E-state index contributed by atoms with van der Waals surface area (Å²) in [6, 6.07) is 4.73. The Morgan fingerprint density at radius 1 is 1.33 bits per heavy atom. The first-order chi connectivity index (χ1) is 7.16. The van der Waals surface area contributed by atoms with Crippen molar-refractivity contribution in [3.63, 3.8) is 0 Å². The summed E-state index contributed by atoms with van der Waals surface area (Å²) >= 11 is 6.03. The highest BCUT2D eigenvalue weighted by molar-refractivity contribution is 6.33. The van der Waals surface area contributed by atoms with Gasteiger partial charge in [-0.3, -0.25) is 0 Å². The summed E-state index contributed by atoms with van der Waals surface area (Å²) in [5.74, 6) is -0.246. The summed E-state index contributed by atoms with van der Waals surface area (Å²) in [6.45, 7) is 1.70. The Morgan fingerprint density at radius 3 is 2.67 bits per heavy atom. The van der Waals surface area contributed by atoms with Gasteiger partial charge in [0.25, 0.3) is 0 Å². The predicted molar refractivity (Wildman–Crippen MR) is 60.8 cm³/mol. The summed E-state index contributed by atoms with van der Waals surface area (Å²) < 4.78 is 13.1. The molecule has 0 aromatic heterocycles. The van der Waals surface area contributed by atoms with Crippen LogP contribution in [-0.4, -0.2) is 19.1 Å². The number of nitrogens with zero attached hydrogens (tertiary/aromatic N) is 1. The SMILES string of the molecule is NC1CCN(c2cc(F)ccc2Cl)CC1. The van der Waals surface area contributed by atoms with E-state index in [1.807, 2.05) is 0 Å². The topological polar surface area (TPSA) is 29.3 Å². The lowest BCUT2D eigenvalue weighted by Gasteiger charge is -2.32. The molecular formula is C11H14ClFN2. The van der Waals surface area contributed by atoms with Gasteiger partial charge in [0.1, 0.15) is 5.82 Å². The third kappa shape index (κ3) is 2.41. The van der Waals surface area contributed by atoms with Crippen molar-refractivity contribution >= 4 is 17.3 Å². The number of hydrogen-bond acceptors (Lipinski definition) is 2. The molecular weight excluding hydrogens is 215 g/mol. The molecule has 0 bridgehead atoms. The lowest BCUT2D eigenvalue weighted by molar-refractivity contribution is 0.500. The molecule has 2 N–H and O–H groups in total. The van der Waals surface area contributed by atoms with Gasteiger partial charge in [0, 0.05) is 19.1 Å². The predicted octanol–water partition coefficient (Wildman–Crippen LogP) is 2.41. The van der Waals surface area contributed by atoms with Crippen molar-refractivity contribution in [3.8, 4) is 0 Å². The molecule has 0 atom stereocenters. The van der Waals surface area contributed by atoms with Gasteiger partial charge in [-0.2, -0.15) is 0 Å². The van der Waals surface area contributed by atoms with Gasteiger partial charge < -0.3 is 10.6 Å². The number of anilines is 1. The molecule has 2 nitrogen and oxygen atoms in total. The van der Waals surface area contributed by atoms with Crippen molar-refractivity contribution < 1.29 is 4.39 Å². The molecule has 1 aliphatic rings. The fourth-order valence-corrected chi connectivity index (χ4v) is 2.11. The third-order valence-corrected chi connectivity index (χ3v) is 3.11. The molecule has 0 saturated carbocycles. The highest BCUT2D eigenvalue weighted by atomic mass is 35.5. The van der Waals surface area contributed by atoms with Crippen molar-refractivity contribution in [1.82, 2.24) is 0 Å². The molecule has 0 spiro atoms. The fourth-order valence-electron chi connectivity index (χ4n) is 1.87. The summed E-state index contributed by atoms with van der Waals surface area (Å²) in [5, 5.41) is 0.604. The highest BCUT2D eigenvalue weighted by Crippen LogP contribution is 2.28. The van der Waals surface area contributed by atoms with Crippen LogP contribution in [0.4, 0.5) is 10.1 Å². The van der Waals surface area contributed by atoms with Gasteiger partial charge in [-0.1, -0.05) is 11.6 Å². The molecule has 0 unspecified atom stereocenters. The van der Waals surface area contributed by atoms with Crippen LogP contribution in [0.1, 0.15) is 12.8 Å². The molecule has 0 amide bonds. The summed E-state index contributed by atoms with van der Waals surface area (Å²) in [7, 11) is 0. The molecule has 1 saturated heterocycles. The summed E-state index contributed by atoms with van der Waals surface area (Å²) in [4.78, 5) is 2.09.